The summed E-state index contributed by atoms with van der Waals surface area (Å²) in [6.07, 6.45) is 0. The highest BCUT2D eigenvalue weighted by Gasteiger charge is 2.41. The van der Waals surface area contributed by atoms with Crippen molar-refractivity contribution < 1.29 is 0 Å². The summed E-state index contributed by atoms with van der Waals surface area (Å²) >= 11 is 0. The molecular formula is C55H39N3Si. The van der Waals surface area contributed by atoms with E-state index < -0.39 is 8.07 Å². The molecule has 0 aliphatic rings. The molecular weight excluding hydrogens is 731 g/mol. The third kappa shape index (κ3) is 6.31. The number of benzene rings is 9. The Morgan fingerprint density at radius 1 is 0.373 bits per heavy atom. The largest absolute Gasteiger partial charge is 0.311 e. The fraction of sp³-hybridized carbons (Fsp3) is 0. The number of anilines is 3. The molecule has 0 saturated carbocycles. The summed E-state index contributed by atoms with van der Waals surface area (Å²) in [5, 5.41) is 7.82. The lowest BCUT2D eigenvalue weighted by molar-refractivity contribution is 1.18. The molecule has 0 saturated heterocycles. The molecule has 278 valence electrons. The third-order valence-electron chi connectivity index (χ3n) is 11.6. The average molecular weight is 770 g/mol. The van der Waals surface area contributed by atoms with Crippen LogP contribution in [0.1, 0.15) is 0 Å². The highest BCUT2D eigenvalue weighted by Crippen LogP contribution is 2.40. The molecule has 10 aromatic rings. The number of aromatic nitrogens is 1. The molecule has 0 bridgehead atoms. The lowest BCUT2D eigenvalue weighted by Gasteiger charge is -2.34. The molecule has 9 aromatic carbocycles. The molecule has 3 nitrogen and oxygen atoms in total. The highest BCUT2D eigenvalue weighted by atomic mass is 28.3. The van der Waals surface area contributed by atoms with Crippen molar-refractivity contribution in [1.82, 2.24) is 4.57 Å². The summed E-state index contributed by atoms with van der Waals surface area (Å²) in [6.45, 7) is 7.59. The monoisotopic (exact) mass is 769 g/mol. The van der Waals surface area contributed by atoms with E-state index in [9.17, 15) is 0 Å². The molecule has 0 aliphatic heterocycles. The quantitative estimate of drug-likeness (QED) is 0.0809. The minimum absolute atomic E-state index is 0.618. The van der Waals surface area contributed by atoms with Crippen LogP contribution in [-0.4, -0.2) is 12.6 Å². The average Bonchev–Trinajstić information content (AvgIpc) is 3.65. The van der Waals surface area contributed by atoms with Gasteiger partial charge in [-0.05, 0) is 92.5 Å². The summed E-state index contributed by atoms with van der Waals surface area (Å²) in [5.41, 5.74) is 9.47. The van der Waals surface area contributed by atoms with Crippen LogP contribution >= 0.6 is 0 Å². The van der Waals surface area contributed by atoms with Crippen molar-refractivity contribution >= 4 is 73.4 Å². The SMILES string of the molecule is [C-]#[N+]c1ccc(N(c2ccc(-c3ccc([Si](c4ccccc4)(c4ccccc4)c4ccccc4)cc3)cc2)c2ccc3c(c2)c2ccccc2n3-c2ccccc2)cc1. The topological polar surface area (TPSA) is 12.5 Å². The molecule has 0 atom stereocenters. The van der Waals surface area contributed by atoms with Gasteiger partial charge in [-0.1, -0.05) is 176 Å². The van der Waals surface area contributed by atoms with Crippen LogP contribution in [0.5, 0.6) is 0 Å². The maximum Gasteiger partial charge on any atom is 0.187 e. The molecule has 59 heavy (non-hydrogen) atoms. The number of hydrogen-bond donors (Lipinski definition) is 0. The van der Waals surface area contributed by atoms with Gasteiger partial charge in [-0.2, -0.15) is 0 Å². The van der Waals surface area contributed by atoms with Crippen LogP contribution in [0.2, 0.25) is 0 Å². The fourth-order valence-electron chi connectivity index (χ4n) is 8.86. The molecule has 1 aromatic heterocycles. The van der Waals surface area contributed by atoms with E-state index in [-0.39, 0.29) is 0 Å². The lowest BCUT2D eigenvalue weighted by atomic mass is 10.0. The summed E-state index contributed by atoms with van der Waals surface area (Å²) in [6, 6.07) is 85.1. The Morgan fingerprint density at radius 3 is 1.34 bits per heavy atom. The number of hydrogen-bond acceptors (Lipinski definition) is 1. The van der Waals surface area contributed by atoms with Gasteiger partial charge in [0.15, 0.2) is 13.8 Å². The first-order valence-electron chi connectivity index (χ1n) is 20.0. The van der Waals surface area contributed by atoms with Crippen LogP contribution < -0.4 is 25.6 Å². The Morgan fingerprint density at radius 2 is 0.797 bits per heavy atom. The second-order valence-electron chi connectivity index (χ2n) is 14.8. The standard InChI is InChI=1S/C55H39N3Si/c1-56-43-30-34-46(35-31-43)57(47-36-39-55-53(40-47)52-24-14-15-25-54(52)58(55)44-16-6-2-7-17-44)45-32-26-41(27-33-45)42-28-37-51(38-29-42)59(48-18-8-3-9-19-48,49-20-10-4-11-21-49)50-22-12-5-13-23-50/h2-40H. The molecule has 0 radical (unpaired) electrons. The van der Waals surface area contributed by atoms with Gasteiger partial charge < -0.3 is 9.47 Å². The Labute approximate surface area is 346 Å². The van der Waals surface area contributed by atoms with E-state index in [1.54, 1.807) is 0 Å². The summed E-state index contributed by atoms with van der Waals surface area (Å²) in [4.78, 5) is 5.96. The van der Waals surface area contributed by atoms with Gasteiger partial charge in [0.2, 0.25) is 0 Å². The van der Waals surface area contributed by atoms with Gasteiger partial charge in [0.25, 0.3) is 0 Å². The zero-order valence-corrected chi connectivity index (χ0v) is 33.4. The zero-order valence-electron chi connectivity index (χ0n) is 32.4. The molecule has 10 rings (SSSR count). The van der Waals surface area contributed by atoms with E-state index in [0.29, 0.717) is 5.69 Å². The van der Waals surface area contributed by atoms with E-state index in [1.165, 1.54) is 42.6 Å². The van der Waals surface area contributed by atoms with E-state index in [1.807, 2.05) is 24.3 Å². The molecule has 0 spiro atoms. The van der Waals surface area contributed by atoms with Crippen LogP contribution in [0.4, 0.5) is 22.7 Å². The Bertz CT molecular complexity index is 2970. The van der Waals surface area contributed by atoms with E-state index in [0.717, 1.165) is 33.8 Å². The van der Waals surface area contributed by atoms with E-state index in [4.69, 9.17) is 6.57 Å². The third-order valence-corrected chi connectivity index (χ3v) is 16.4. The van der Waals surface area contributed by atoms with Gasteiger partial charge in [0, 0.05) is 33.5 Å². The lowest BCUT2D eigenvalue weighted by Crippen LogP contribution is -2.74. The maximum absolute atomic E-state index is 7.59. The zero-order chi connectivity index (χ0) is 39.6. The van der Waals surface area contributed by atoms with Gasteiger partial charge in [-0.15, -0.1) is 0 Å². The number of fused-ring (bicyclic) bond motifs is 3. The second kappa shape index (κ2) is 15.3. The summed E-state index contributed by atoms with van der Waals surface area (Å²) in [5.74, 6) is 0. The smallest absolute Gasteiger partial charge is 0.187 e. The Kier molecular flexibility index (Phi) is 9.27. The summed E-state index contributed by atoms with van der Waals surface area (Å²) in [7, 11) is -2.61. The van der Waals surface area contributed by atoms with Gasteiger partial charge in [0.1, 0.15) is 0 Å². The fourth-order valence-corrected chi connectivity index (χ4v) is 13.6. The molecule has 0 aliphatic carbocycles. The molecule has 0 fully saturated rings. The molecule has 4 heteroatoms. The highest BCUT2D eigenvalue weighted by molar-refractivity contribution is 7.19. The first-order chi connectivity index (χ1) is 29.2. The first-order valence-corrected chi connectivity index (χ1v) is 22.0. The first kappa shape index (κ1) is 35.7. The van der Waals surface area contributed by atoms with Crippen molar-refractivity contribution in [2.45, 2.75) is 0 Å². The molecule has 0 N–H and O–H groups in total. The predicted octanol–water partition coefficient (Wildman–Crippen LogP) is 11.8. The van der Waals surface area contributed by atoms with Crippen molar-refractivity contribution in [1.29, 1.82) is 0 Å². The minimum atomic E-state index is -2.61. The van der Waals surface area contributed by atoms with E-state index >= 15 is 0 Å². The second-order valence-corrected chi connectivity index (χ2v) is 18.6. The maximum atomic E-state index is 7.59. The molecule has 0 amide bonds. The van der Waals surface area contributed by atoms with Gasteiger partial charge >= 0.3 is 0 Å². The number of para-hydroxylation sites is 2. The number of nitrogens with zero attached hydrogens (tertiary/aromatic N) is 3. The van der Waals surface area contributed by atoms with Crippen molar-refractivity contribution in [3.63, 3.8) is 0 Å². The normalized spacial score (nSPS) is 11.4. The summed E-state index contributed by atoms with van der Waals surface area (Å²) < 4.78 is 2.34. The van der Waals surface area contributed by atoms with Crippen molar-refractivity contribution in [2.24, 2.45) is 0 Å². The molecule has 0 unspecified atom stereocenters. The van der Waals surface area contributed by atoms with E-state index in [2.05, 4.69) is 227 Å². The van der Waals surface area contributed by atoms with Gasteiger partial charge in [-0.3, -0.25) is 0 Å². The minimum Gasteiger partial charge on any atom is -0.311 e. The molecule has 1 heterocycles. The van der Waals surface area contributed by atoms with Crippen LogP contribution in [0.15, 0.2) is 237 Å². The van der Waals surface area contributed by atoms with Crippen LogP contribution in [-0.2, 0) is 0 Å². The van der Waals surface area contributed by atoms with Crippen molar-refractivity contribution in [3.05, 3.63) is 248 Å². The van der Waals surface area contributed by atoms with Crippen LogP contribution in [0, 0.1) is 6.57 Å². The Hall–Kier alpha value is -7.71. The van der Waals surface area contributed by atoms with Crippen LogP contribution in [0.3, 0.4) is 0 Å². The van der Waals surface area contributed by atoms with Crippen LogP contribution in [0.25, 0.3) is 43.5 Å². The van der Waals surface area contributed by atoms with Crippen molar-refractivity contribution in [2.75, 3.05) is 4.90 Å². The van der Waals surface area contributed by atoms with Gasteiger partial charge in [0.05, 0.1) is 17.6 Å². The predicted molar refractivity (Wildman–Crippen MR) is 251 cm³/mol. The Balaban J connectivity index is 1.06. The van der Waals surface area contributed by atoms with Crippen molar-refractivity contribution in [3.8, 4) is 16.8 Å². The van der Waals surface area contributed by atoms with Gasteiger partial charge in [-0.25, -0.2) is 4.85 Å². The number of rotatable bonds is 9.